The average Bonchev–Trinajstić information content (AvgIpc) is 2.82. The molecule has 0 spiro atoms. The Bertz CT molecular complexity index is 556. The van der Waals surface area contributed by atoms with Gasteiger partial charge in [-0.25, -0.2) is 0 Å². The Labute approximate surface area is 121 Å². The van der Waals surface area contributed by atoms with Crippen molar-refractivity contribution < 1.29 is 13.5 Å². The fourth-order valence-electron chi connectivity index (χ4n) is 1.99. The second-order valence-corrected chi connectivity index (χ2v) is 5.90. The summed E-state index contributed by atoms with van der Waals surface area (Å²) in [6.45, 7) is 1.91. The summed E-state index contributed by atoms with van der Waals surface area (Å²) in [6, 6.07) is 11.0. The lowest BCUT2D eigenvalue weighted by molar-refractivity contribution is -0.0506. The highest BCUT2D eigenvalue weighted by Gasteiger charge is 2.14. The third kappa shape index (κ3) is 4.02. The van der Waals surface area contributed by atoms with E-state index in [0.29, 0.717) is 6.54 Å². The molecule has 2 nitrogen and oxygen atoms in total. The second kappa shape index (κ2) is 6.81. The van der Waals surface area contributed by atoms with Gasteiger partial charge in [-0.05, 0) is 32.0 Å². The number of rotatable bonds is 6. The van der Waals surface area contributed by atoms with Crippen molar-refractivity contribution in [3.8, 4) is 5.75 Å². The van der Waals surface area contributed by atoms with Crippen LogP contribution in [0.25, 0.3) is 0 Å². The highest BCUT2D eigenvalue weighted by Crippen LogP contribution is 2.27. The lowest BCUT2D eigenvalue weighted by atomic mass is 10.1. The van der Waals surface area contributed by atoms with E-state index in [0.717, 1.165) is 5.56 Å². The summed E-state index contributed by atoms with van der Waals surface area (Å²) in [7, 11) is 0. The van der Waals surface area contributed by atoms with Crippen molar-refractivity contribution in [1.29, 1.82) is 0 Å². The van der Waals surface area contributed by atoms with E-state index in [9.17, 15) is 8.78 Å². The highest BCUT2D eigenvalue weighted by molar-refractivity contribution is 7.11. The Balaban J connectivity index is 2.03. The molecule has 0 bridgehead atoms. The molecule has 2 aromatic rings. The highest BCUT2D eigenvalue weighted by atomic mass is 32.1. The van der Waals surface area contributed by atoms with E-state index in [1.165, 1.54) is 9.75 Å². The van der Waals surface area contributed by atoms with Crippen molar-refractivity contribution in [2.24, 2.45) is 0 Å². The van der Waals surface area contributed by atoms with Crippen LogP contribution in [-0.2, 0) is 6.54 Å². The van der Waals surface area contributed by atoms with Gasteiger partial charge in [0.05, 0.1) is 0 Å². The van der Waals surface area contributed by atoms with Gasteiger partial charge in [0.1, 0.15) is 5.75 Å². The van der Waals surface area contributed by atoms with Gasteiger partial charge in [0.2, 0.25) is 0 Å². The van der Waals surface area contributed by atoms with E-state index in [2.05, 4.69) is 29.1 Å². The monoisotopic (exact) mass is 297 g/mol. The number of nitrogens with one attached hydrogen (secondary N) is 1. The molecule has 108 valence electrons. The number of ether oxygens (including phenoxy) is 1. The molecule has 5 heteroatoms. The van der Waals surface area contributed by atoms with Gasteiger partial charge in [-0.1, -0.05) is 18.2 Å². The Hall–Kier alpha value is -1.46. The van der Waals surface area contributed by atoms with Gasteiger partial charge in [0.15, 0.2) is 0 Å². The molecule has 0 aliphatic carbocycles. The van der Waals surface area contributed by atoms with Crippen LogP contribution in [-0.4, -0.2) is 6.61 Å². The average molecular weight is 297 g/mol. The van der Waals surface area contributed by atoms with Crippen molar-refractivity contribution in [3.63, 3.8) is 0 Å². The molecule has 1 unspecified atom stereocenters. The molecule has 1 aromatic carbocycles. The maximum Gasteiger partial charge on any atom is 0.387 e. The minimum Gasteiger partial charge on any atom is -0.434 e. The molecule has 0 aliphatic heterocycles. The largest absolute Gasteiger partial charge is 0.434 e. The molecule has 0 saturated heterocycles. The van der Waals surface area contributed by atoms with Crippen molar-refractivity contribution in [1.82, 2.24) is 5.32 Å². The maximum atomic E-state index is 12.4. The summed E-state index contributed by atoms with van der Waals surface area (Å²) in [5.74, 6) is 0.227. The van der Waals surface area contributed by atoms with E-state index >= 15 is 0 Å². The van der Waals surface area contributed by atoms with Gasteiger partial charge in [0.25, 0.3) is 0 Å². The summed E-state index contributed by atoms with van der Waals surface area (Å²) in [5.41, 5.74) is 0.737. The van der Waals surface area contributed by atoms with Gasteiger partial charge in [-0.15, -0.1) is 11.3 Å². The fraction of sp³-hybridized carbons (Fsp3) is 0.333. The first-order valence-electron chi connectivity index (χ1n) is 6.38. The molecule has 0 aliphatic rings. The Morgan fingerprint density at radius 2 is 1.95 bits per heavy atom. The SMILES string of the molecule is Cc1ccc(CNC(C)c2ccccc2OC(F)F)s1. The number of aryl methyl sites for hydroxylation is 1. The number of thiophene rings is 1. The molecule has 1 atom stereocenters. The maximum absolute atomic E-state index is 12.4. The molecule has 20 heavy (non-hydrogen) atoms. The molecular formula is C15H17F2NOS. The van der Waals surface area contributed by atoms with Crippen molar-refractivity contribution in [2.75, 3.05) is 0 Å². The molecule has 1 heterocycles. The van der Waals surface area contributed by atoms with Crippen LogP contribution in [0.5, 0.6) is 5.75 Å². The predicted molar refractivity (Wildman–Crippen MR) is 77.4 cm³/mol. The molecular weight excluding hydrogens is 280 g/mol. The van der Waals surface area contributed by atoms with E-state index < -0.39 is 6.61 Å². The normalized spacial score (nSPS) is 12.7. The van der Waals surface area contributed by atoms with Crippen molar-refractivity contribution in [3.05, 3.63) is 51.7 Å². The first kappa shape index (κ1) is 14.9. The zero-order chi connectivity index (χ0) is 14.5. The van der Waals surface area contributed by atoms with Crippen LogP contribution in [0.1, 0.15) is 28.3 Å². The second-order valence-electron chi connectivity index (χ2n) is 4.53. The minimum absolute atomic E-state index is 0.0626. The first-order valence-corrected chi connectivity index (χ1v) is 7.20. The third-order valence-electron chi connectivity index (χ3n) is 2.98. The zero-order valence-electron chi connectivity index (χ0n) is 11.4. The Morgan fingerprint density at radius 1 is 1.20 bits per heavy atom. The number of halogens is 2. The number of alkyl halides is 2. The molecule has 0 fully saturated rings. The number of hydrogen-bond donors (Lipinski definition) is 1. The van der Waals surface area contributed by atoms with Crippen LogP contribution in [0, 0.1) is 6.92 Å². The minimum atomic E-state index is -2.80. The van der Waals surface area contributed by atoms with Crippen molar-refractivity contribution >= 4 is 11.3 Å². The van der Waals surface area contributed by atoms with E-state index in [-0.39, 0.29) is 11.8 Å². The summed E-state index contributed by atoms with van der Waals surface area (Å²) >= 11 is 1.73. The summed E-state index contributed by atoms with van der Waals surface area (Å²) in [5, 5.41) is 3.33. The van der Waals surface area contributed by atoms with Crippen molar-refractivity contribution in [2.45, 2.75) is 33.0 Å². The fourth-order valence-corrected chi connectivity index (χ4v) is 2.83. The number of para-hydroxylation sites is 1. The van der Waals surface area contributed by atoms with Crippen LogP contribution in [0.4, 0.5) is 8.78 Å². The van der Waals surface area contributed by atoms with Gasteiger partial charge in [-0.3, -0.25) is 0 Å². The summed E-state index contributed by atoms with van der Waals surface area (Å²) < 4.78 is 29.3. The lowest BCUT2D eigenvalue weighted by Gasteiger charge is -2.17. The van der Waals surface area contributed by atoms with Crippen LogP contribution in [0.15, 0.2) is 36.4 Å². The number of benzene rings is 1. The predicted octanol–water partition coefficient (Wildman–Crippen LogP) is 4.51. The molecule has 1 N–H and O–H groups in total. The topological polar surface area (TPSA) is 21.3 Å². The third-order valence-corrected chi connectivity index (χ3v) is 3.98. The Morgan fingerprint density at radius 3 is 2.60 bits per heavy atom. The van der Waals surface area contributed by atoms with Crippen LogP contribution in [0.2, 0.25) is 0 Å². The van der Waals surface area contributed by atoms with E-state index in [1.54, 1.807) is 29.5 Å². The zero-order valence-corrected chi connectivity index (χ0v) is 12.2. The molecule has 1 aromatic heterocycles. The molecule has 0 saturated carbocycles. The number of hydrogen-bond acceptors (Lipinski definition) is 3. The van der Waals surface area contributed by atoms with E-state index in [4.69, 9.17) is 0 Å². The Kier molecular flexibility index (Phi) is 5.09. The standard InChI is InChI=1S/C15H17F2NOS/c1-10-7-8-12(20-10)9-18-11(2)13-5-3-4-6-14(13)19-15(16)17/h3-8,11,15,18H,9H2,1-2H3. The lowest BCUT2D eigenvalue weighted by Crippen LogP contribution is -2.18. The van der Waals surface area contributed by atoms with Gasteiger partial charge in [0, 0.05) is 27.9 Å². The van der Waals surface area contributed by atoms with Crippen LogP contribution in [0.3, 0.4) is 0 Å². The molecule has 0 radical (unpaired) electrons. The van der Waals surface area contributed by atoms with Crippen LogP contribution < -0.4 is 10.1 Å². The molecule has 2 rings (SSSR count). The van der Waals surface area contributed by atoms with Gasteiger partial charge in [-0.2, -0.15) is 8.78 Å². The quantitative estimate of drug-likeness (QED) is 0.847. The van der Waals surface area contributed by atoms with Crippen LogP contribution >= 0.6 is 11.3 Å². The first-order chi connectivity index (χ1) is 9.56. The molecule has 0 amide bonds. The summed E-state index contributed by atoms with van der Waals surface area (Å²) in [4.78, 5) is 2.48. The van der Waals surface area contributed by atoms with E-state index in [1.807, 2.05) is 13.0 Å². The smallest absolute Gasteiger partial charge is 0.387 e. The summed E-state index contributed by atoms with van der Waals surface area (Å²) in [6.07, 6.45) is 0. The van der Waals surface area contributed by atoms with Gasteiger partial charge < -0.3 is 10.1 Å². The van der Waals surface area contributed by atoms with Gasteiger partial charge >= 0.3 is 6.61 Å².